The number of H-pyrrole nitrogens is 1. The summed E-state index contributed by atoms with van der Waals surface area (Å²) >= 11 is 0. The van der Waals surface area contributed by atoms with Crippen LogP contribution in [0.5, 0.6) is 0 Å². The Morgan fingerprint density at radius 3 is 2.77 bits per heavy atom. The van der Waals surface area contributed by atoms with Gasteiger partial charge in [-0.2, -0.15) is 0 Å². The van der Waals surface area contributed by atoms with E-state index in [1.807, 2.05) is 25.1 Å². The Bertz CT molecular complexity index is 662. The highest BCUT2D eigenvalue weighted by Gasteiger charge is 2.38. The number of hydrogen-bond donors (Lipinski definition) is 3. The van der Waals surface area contributed by atoms with Crippen LogP contribution in [0, 0.1) is 12.3 Å². The third-order valence-electron chi connectivity index (χ3n) is 4.34. The van der Waals surface area contributed by atoms with Gasteiger partial charge in [0.15, 0.2) is 0 Å². The zero-order valence-electron chi connectivity index (χ0n) is 12.6. The number of hydrogen-bond acceptors (Lipinski definition) is 3. The van der Waals surface area contributed by atoms with Gasteiger partial charge < -0.3 is 20.8 Å². The van der Waals surface area contributed by atoms with E-state index in [1.54, 1.807) is 0 Å². The van der Waals surface area contributed by atoms with Crippen LogP contribution in [0.25, 0.3) is 10.9 Å². The minimum Gasteiger partial charge on any atom is -0.381 e. The standard InChI is InChI=1S/C16H21N3O2.ClH/c1-11-8-12-9-13(2-3-14(12)18-11)19-15(20)16(10-17)4-6-21-7-5-16;/h2-3,8-9,18H,4-7,10,17H2,1H3,(H,19,20);1H. The number of aromatic amines is 1. The van der Waals surface area contributed by atoms with Gasteiger partial charge in [-0.1, -0.05) is 0 Å². The first-order valence-electron chi connectivity index (χ1n) is 7.32. The Hall–Kier alpha value is -1.56. The summed E-state index contributed by atoms with van der Waals surface area (Å²) in [5.41, 5.74) is 8.36. The van der Waals surface area contributed by atoms with Crippen molar-refractivity contribution in [1.82, 2.24) is 4.98 Å². The van der Waals surface area contributed by atoms with Gasteiger partial charge in [-0.05, 0) is 44.0 Å². The Labute approximate surface area is 136 Å². The summed E-state index contributed by atoms with van der Waals surface area (Å²) in [5, 5.41) is 4.11. The Balaban J connectivity index is 0.00000176. The van der Waals surface area contributed by atoms with E-state index in [1.165, 1.54) is 0 Å². The van der Waals surface area contributed by atoms with E-state index in [4.69, 9.17) is 10.5 Å². The average Bonchev–Trinajstić information content (AvgIpc) is 2.87. The summed E-state index contributed by atoms with van der Waals surface area (Å²) in [6, 6.07) is 7.95. The lowest BCUT2D eigenvalue weighted by Gasteiger charge is -2.34. The number of rotatable bonds is 3. The Kier molecular flexibility index (Phi) is 5.11. The van der Waals surface area contributed by atoms with Crippen LogP contribution in [-0.4, -0.2) is 30.6 Å². The molecular weight excluding hydrogens is 302 g/mol. The van der Waals surface area contributed by atoms with Gasteiger partial charge in [0.25, 0.3) is 0 Å². The maximum Gasteiger partial charge on any atom is 0.232 e. The molecule has 2 heterocycles. The lowest BCUT2D eigenvalue weighted by atomic mass is 9.79. The molecule has 0 aliphatic carbocycles. The number of anilines is 1. The molecule has 1 fully saturated rings. The van der Waals surface area contributed by atoms with Crippen molar-refractivity contribution in [3.05, 3.63) is 30.0 Å². The van der Waals surface area contributed by atoms with E-state index < -0.39 is 5.41 Å². The highest BCUT2D eigenvalue weighted by atomic mass is 35.5. The zero-order valence-corrected chi connectivity index (χ0v) is 13.5. The summed E-state index contributed by atoms with van der Waals surface area (Å²) in [6.45, 7) is 3.57. The van der Waals surface area contributed by atoms with Crippen LogP contribution < -0.4 is 11.1 Å². The van der Waals surface area contributed by atoms with Crippen molar-refractivity contribution in [2.24, 2.45) is 11.1 Å². The first kappa shape index (κ1) is 16.8. The molecule has 1 saturated heterocycles. The van der Waals surface area contributed by atoms with Crippen molar-refractivity contribution in [1.29, 1.82) is 0 Å². The van der Waals surface area contributed by atoms with E-state index in [0.29, 0.717) is 32.6 Å². The second-order valence-electron chi connectivity index (χ2n) is 5.81. The zero-order chi connectivity index (χ0) is 14.9. The van der Waals surface area contributed by atoms with Gasteiger partial charge >= 0.3 is 0 Å². The summed E-state index contributed by atoms with van der Waals surface area (Å²) in [6.07, 6.45) is 1.36. The van der Waals surface area contributed by atoms with Gasteiger partial charge in [0, 0.05) is 42.0 Å². The number of fused-ring (bicyclic) bond motifs is 1. The van der Waals surface area contributed by atoms with E-state index in [-0.39, 0.29) is 18.3 Å². The van der Waals surface area contributed by atoms with Crippen LogP contribution in [0.4, 0.5) is 5.69 Å². The average molecular weight is 324 g/mol. The lowest BCUT2D eigenvalue weighted by molar-refractivity contribution is -0.130. The van der Waals surface area contributed by atoms with E-state index in [2.05, 4.69) is 16.4 Å². The van der Waals surface area contributed by atoms with Crippen LogP contribution in [-0.2, 0) is 9.53 Å². The molecule has 1 aromatic heterocycles. The quantitative estimate of drug-likeness (QED) is 0.812. The minimum atomic E-state index is -0.499. The molecule has 3 rings (SSSR count). The fourth-order valence-corrected chi connectivity index (χ4v) is 2.91. The molecule has 4 N–H and O–H groups in total. The van der Waals surface area contributed by atoms with Crippen LogP contribution in [0.2, 0.25) is 0 Å². The summed E-state index contributed by atoms with van der Waals surface area (Å²) in [4.78, 5) is 15.9. The molecule has 0 saturated carbocycles. The third-order valence-corrected chi connectivity index (χ3v) is 4.34. The number of halogens is 1. The number of nitrogens with one attached hydrogen (secondary N) is 2. The Morgan fingerprint density at radius 1 is 1.36 bits per heavy atom. The number of nitrogens with two attached hydrogens (primary N) is 1. The molecule has 1 aliphatic heterocycles. The summed E-state index contributed by atoms with van der Waals surface area (Å²) in [7, 11) is 0. The fraction of sp³-hybridized carbons (Fsp3) is 0.438. The number of aromatic nitrogens is 1. The first-order valence-corrected chi connectivity index (χ1v) is 7.32. The van der Waals surface area contributed by atoms with Crippen LogP contribution >= 0.6 is 12.4 Å². The molecule has 22 heavy (non-hydrogen) atoms. The SMILES string of the molecule is Cc1cc2cc(NC(=O)C3(CN)CCOCC3)ccc2[nH]1.Cl. The number of carbonyl (C=O) groups is 1. The van der Waals surface area contributed by atoms with Crippen molar-refractivity contribution in [3.8, 4) is 0 Å². The normalized spacial score (nSPS) is 17.0. The van der Waals surface area contributed by atoms with Crippen LogP contribution in [0.3, 0.4) is 0 Å². The molecular formula is C16H22ClN3O2. The number of benzene rings is 1. The van der Waals surface area contributed by atoms with Crippen LogP contribution in [0.15, 0.2) is 24.3 Å². The molecule has 1 aliphatic rings. The molecule has 1 aromatic carbocycles. The molecule has 0 unspecified atom stereocenters. The highest BCUT2D eigenvalue weighted by Crippen LogP contribution is 2.31. The predicted octanol–water partition coefficient (Wildman–Crippen LogP) is 2.59. The molecule has 120 valence electrons. The first-order chi connectivity index (χ1) is 10.1. The van der Waals surface area contributed by atoms with Gasteiger partial charge in [0.05, 0.1) is 5.41 Å². The van der Waals surface area contributed by atoms with Crippen LogP contribution in [0.1, 0.15) is 18.5 Å². The number of carbonyl (C=O) groups excluding carboxylic acids is 1. The topological polar surface area (TPSA) is 80.1 Å². The molecule has 5 nitrogen and oxygen atoms in total. The van der Waals surface area contributed by atoms with E-state index in [0.717, 1.165) is 22.3 Å². The molecule has 2 aromatic rings. The second-order valence-corrected chi connectivity index (χ2v) is 5.81. The monoisotopic (exact) mass is 323 g/mol. The third kappa shape index (κ3) is 3.11. The van der Waals surface area contributed by atoms with Gasteiger partial charge in [-0.3, -0.25) is 4.79 Å². The van der Waals surface area contributed by atoms with Crippen molar-refractivity contribution < 1.29 is 9.53 Å². The smallest absolute Gasteiger partial charge is 0.232 e. The van der Waals surface area contributed by atoms with Crippen molar-refractivity contribution in [2.75, 3.05) is 25.1 Å². The van der Waals surface area contributed by atoms with Gasteiger partial charge in [-0.15, -0.1) is 12.4 Å². The van der Waals surface area contributed by atoms with Gasteiger partial charge in [0.2, 0.25) is 5.91 Å². The molecule has 1 amide bonds. The second kappa shape index (κ2) is 6.69. The number of aryl methyl sites for hydroxylation is 1. The number of amides is 1. The predicted molar refractivity (Wildman–Crippen MR) is 90.5 cm³/mol. The van der Waals surface area contributed by atoms with E-state index >= 15 is 0 Å². The molecule has 0 radical (unpaired) electrons. The largest absolute Gasteiger partial charge is 0.381 e. The molecule has 0 bridgehead atoms. The molecule has 0 spiro atoms. The molecule has 6 heteroatoms. The summed E-state index contributed by atoms with van der Waals surface area (Å²) in [5.74, 6) is -0.0000855. The Morgan fingerprint density at radius 2 is 2.09 bits per heavy atom. The maximum atomic E-state index is 12.6. The van der Waals surface area contributed by atoms with Gasteiger partial charge in [0.1, 0.15) is 0 Å². The lowest BCUT2D eigenvalue weighted by Crippen LogP contribution is -2.46. The fourth-order valence-electron chi connectivity index (χ4n) is 2.91. The van der Waals surface area contributed by atoms with Crippen molar-refractivity contribution in [3.63, 3.8) is 0 Å². The summed E-state index contributed by atoms with van der Waals surface area (Å²) < 4.78 is 5.35. The van der Waals surface area contributed by atoms with Crippen molar-refractivity contribution >= 4 is 34.9 Å². The minimum absolute atomic E-state index is 0. The highest BCUT2D eigenvalue weighted by molar-refractivity contribution is 5.97. The van der Waals surface area contributed by atoms with Gasteiger partial charge in [-0.25, -0.2) is 0 Å². The van der Waals surface area contributed by atoms with Crippen molar-refractivity contribution in [2.45, 2.75) is 19.8 Å². The maximum absolute atomic E-state index is 12.6. The molecule has 0 atom stereocenters. The number of ether oxygens (including phenoxy) is 1. The van der Waals surface area contributed by atoms with E-state index in [9.17, 15) is 4.79 Å².